The largest absolute Gasteiger partial charge is 0.294 e. The van der Waals surface area contributed by atoms with Crippen molar-refractivity contribution in [3.8, 4) is 0 Å². The lowest BCUT2D eigenvalue weighted by Gasteiger charge is -2.48. The highest BCUT2D eigenvalue weighted by molar-refractivity contribution is 6.07. The Morgan fingerprint density at radius 3 is 1.87 bits per heavy atom. The van der Waals surface area contributed by atoms with Crippen molar-refractivity contribution in [3.05, 3.63) is 92.6 Å². The molecule has 1 aromatic heterocycles. The standard InChI is InChI=1S/C29H30N4O5/c1-28(2)13-20-25(22(34)15-28)24(17-5-7-19(8-6-17)33(37)38)26-21(14-29(3,4)16-23(26)35)32(20)31-27(36)18-9-11-30-12-10-18/h5-12,24H,13-16H2,1-4H3,(H,31,36). The third kappa shape index (κ3) is 4.53. The van der Waals surface area contributed by atoms with E-state index in [0.717, 1.165) is 0 Å². The van der Waals surface area contributed by atoms with Gasteiger partial charge in [-0.2, -0.15) is 0 Å². The molecule has 0 bridgehead atoms. The maximum atomic E-state index is 13.8. The van der Waals surface area contributed by atoms with Crippen LogP contribution in [0.1, 0.15) is 75.2 Å². The first kappa shape index (κ1) is 25.5. The van der Waals surface area contributed by atoms with Crippen molar-refractivity contribution < 1.29 is 19.3 Å². The van der Waals surface area contributed by atoms with Crippen molar-refractivity contribution in [1.82, 2.24) is 15.4 Å². The van der Waals surface area contributed by atoms with Crippen LogP contribution < -0.4 is 5.43 Å². The zero-order chi connectivity index (χ0) is 27.4. The molecule has 0 saturated heterocycles. The monoisotopic (exact) mass is 514 g/mol. The number of benzene rings is 1. The summed E-state index contributed by atoms with van der Waals surface area (Å²) in [6.07, 6.45) is 4.68. The van der Waals surface area contributed by atoms with Gasteiger partial charge in [0, 0.05) is 71.4 Å². The summed E-state index contributed by atoms with van der Waals surface area (Å²) in [4.78, 5) is 55.7. The van der Waals surface area contributed by atoms with Crippen LogP contribution in [0.25, 0.3) is 0 Å². The number of carbonyl (C=O) groups excluding carboxylic acids is 3. The number of non-ortho nitro benzene ring substituents is 1. The summed E-state index contributed by atoms with van der Waals surface area (Å²) < 4.78 is 0. The number of nitro benzene ring substituents is 1. The predicted molar refractivity (Wildman–Crippen MR) is 139 cm³/mol. The average Bonchev–Trinajstić information content (AvgIpc) is 2.84. The van der Waals surface area contributed by atoms with Gasteiger partial charge < -0.3 is 0 Å². The van der Waals surface area contributed by atoms with Crippen LogP contribution in [0.15, 0.2) is 71.3 Å². The number of hydrazine groups is 1. The van der Waals surface area contributed by atoms with E-state index < -0.39 is 10.8 Å². The number of hydrogen-bond acceptors (Lipinski definition) is 7. The van der Waals surface area contributed by atoms with E-state index in [1.807, 2.05) is 27.7 Å². The maximum Gasteiger partial charge on any atom is 0.270 e. The first-order valence-corrected chi connectivity index (χ1v) is 12.6. The van der Waals surface area contributed by atoms with E-state index in [4.69, 9.17) is 0 Å². The fourth-order valence-electron chi connectivity index (χ4n) is 5.89. The highest BCUT2D eigenvalue weighted by Gasteiger charge is 2.49. The minimum atomic E-state index is -0.651. The molecule has 9 heteroatoms. The number of aromatic nitrogens is 1. The van der Waals surface area contributed by atoms with Crippen LogP contribution in [0, 0.1) is 20.9 Å². The minimum absolute atomic E-state index is 0.0635. The normalized spacial score (nSPS) is 20.7. The fourth-order valence-corrected chi connectivity index (χ4v) is 5.89. The number of rotatable bonds is 4. The van der Waals surface area contributed by atoms with Gasteiger partial charge in [0.2, 0.25) is 0 Å². The Morgan fingerprint density at radius 2 is 1.39 bits per heavy atom. The summed E-state index contributed by atoms with van der Waals surface area (Å²) in [5, 5.41) is 13.0. The molecule has 196 valence electrons. The number of allylic oxidation sites excluding steroid dienone is 4. The second-order valence-electron chi connectivity index (χ2n) is 11.9. The van der Waals surface area contributed by atoms with Gasteiger partial charge in [-0.1, -0.05) is 39.8 Å². The van der Waals surface area contributed by atoms with E-state index >= 15 is 0 Å². The highest BCUT2D eigenvalue weighted by Crippen LogP contribution is 2.54. The number of pyridine rings is 1. The number of carbonyl (C=O) groups is 3. The smallest absolute Gasteiger partial charge is 0.270 e. The van der Waals surface area contributed by atoms with Crippen molar-refractivity contribution in [2.45, 2.75) is 59.3 Å². The van der Waals surface area contributed by atoms with E-state index in [2.05, 4.69) is 10.4 Å². The molecule has 0 fully saturated rings. The van der Waals surface area contributed by atoms with Gasteiger partial charge >= 0.3 is 0 Å². The van der Waals surface area contributed by atoms with Gasteiger partial charge in [-0.3, -0.25) is 39.9 Å². The molecule has 9 nitrogen and oxygen atoms in total. The van der Waals surface area contributed by atoms with E-state index in [9.17, 15) is 24.5 Å². The molecule has 0 spiro atoms. The third-order valence-corrected chi connectivity index (χ3v) is 7.50. The van der Waals surface area contributed by atoms with E-state index in [1.54, 1.807) is 29.3 Å². The topological polar surface area (TPSA) is 123 Å². The van der Waals surface area contributed by atoms with E-state index in [0.29, 0.717) is 59.4 Å². The number of nitrogens with one attached hydrogen (secondary N) is 1. The Labute approximate surface area is 220 Å². The summed E-state index contributed by atoms with van der Waals surface area (Å²) >= 11 is 0. The molecule has 38 heavy (non-hydrogen) atoms. The molecule has 1 aliphatic heterocycles. The van der Waals surface area contributed by atoms with Crippen molar-refractivity contribution in [2.75, 3.05) is 0 Å². The Bertz CT molecular complexity index is 1370. The van der Waals surface area contributed by atoms with Crippen molar-refractivity contribution >= 4 is 23.2 Å². The molecule has 5 rings (SSSR count). The Kier molecular flexibility index (Phi) is 6.04. The zero-order valence-corrected chi connectivity index (χ0v) is 21.9. The summed E-state index contributed by atoms with van der Waals surface area (Å²) in [6.45, 7) is 8.05. The number of Topliss-reactive ketones (excluding diaryl/α,β-unsaturated/α-hetero) is 2. The Balaban J connectivity index is 1.72. The highest BCUT2D eigenvalue weighted by atomic mass is 16.6. The third-order valence-electron chi connectivity index (χ3n) is 7.50. The van der Waals surface area contributed by atoms with Crippen LogP contribution in [0.5, 0.6) is 0 Å². The Morgan fingerprint density at radius 1 is 0.895 bits per heavy atom. The first-order chi connectivity index (χ1) is 17.9. The van der Waals surface area contributed by atoms with Crippen LogP contribution in [0.2, 0.25) is 0 Å². The number of nitrogens with zero attached hydrogens (tertiary/aromatic N) is 3. The molecule has 2 aromatic rings. The van der Waals surface area contributed by atoms with Gasteiger partial charge in [-0.25, -0.2) is 0 Å². The number of amides is 1. The quantitative estimate of drug-likeness (QED) is 0.449. The molecule has 0 atom stereocenters. The second kappa shape index (κ2) is 9.01. The molecule has 3 aliphatic rings. The predicted octanol–water partition coefficient (Wildman–Crippen LogP) is 5.02. The second-order valence-corrected chi connectivity index (χ2v) is 11.9. The molecule has 1 N–H and O–H groups in total. The summed E-state index contributed by atoms with van der Waals surface area (Å²) in [6, 6.07) is 9.28. The molecule has 2 aliphatic carbocycles. The number of hydrogen-bond donors (Lipinski definition) is 1. The van der Waals surface area contributed by atoms with Crippen molar-refractivity contribution in [3.63, 3.8) is 0 Å². The van der Waals surface area contributed by atoms with Crippen LogP contribution >= 0.6 is 0 Å². The molecule has 2 heterocycles. The fraction of sp³-hybridized carbons (Fsp3) is 0.379. The minimum Gasteiger partial charge on any atom is -0.294 e. The van der Waals surface area contributed by atoms with Gasteiger partial charge in [0.05, 0.1) is 4.92 Å². The van der Waals surface area contributed by atoms with Crippen LogP contribution in [0.3, 0.4) is 0 Å². The number of ketones is 2. The van der Waals surface area contributed by atoms with Crippen LogP contribution in [-0.2, 0) is 9.59 Å². The lowest BCUT2D eigenvalue weighted by molar-refractivity contribution is -0.384. The molecule has 0 radical (unpaired) electrons. The van der Waals surface area contributed by atoms with Gasteiger partial charge in [0.15, 0.2) is 11.6 Å². The number of nitro groups is 1. The SMILES string of the molecule is CC1(C)CC(=O)C2=C(C1)N(NC(=O)c1ccncc1)C1=C(C(=O)CC(C)(C)C1)C2c1ccc([N+](=O)[O-])cc1. The van der Waals surface area contributed by atoms with Gasteiger partial charge in [-0.15, -0.1) is 0 Å². The summed E-state index contributed by atoms with van der Waals surface area (Å²) in [5.74, 6) is -1.20. The summed E-state index contributed by atoms with van der Waals surface area (Å²) in [5.41, 5.74) is 5.56. The lowest BCUT2D eigenvalue weighted by Crippen LogP contribution is -2.50. The van der Waals surface area contributed by atoms with Gasteiger partial charge in [0.25, 0.3) is 11.6 Å². The lowest BCUT2D eigenvalue weighted by atomic mass is 9.64. The average molecular weight is 515 g/mol. The van der Waals surface area contributed by atoms with Crippen molar-refractivity contribution in [2.24, 2.45) is 10.8 Å². The zero-order valence-electron chi connectivity index (χ0n) is 21.9. The Hall–Kier alpha value is -4.14. The van der Waals surface area contributed by atoms with E-state index in [-0.39, 0.29) is 34.0 Å². The van der Waals surface area contributed by atoms with E-state index in [1.165, 1.54) is 24.5 Å². The molecule has 0 unspecified atom stereocenters. The molecule has 1 aromatic carbocycles. The van der Waals surface area contributed by atoms with Crippen LogP contribution in [0.4, 0.5) is 5.69 Å². The van der Waals surface area contributed by atoms with Gasteiger partial charge in [-0.05, 0) is 41.4 Å². The molecule has 1 amide bonds. The summed E-state index contributed by atoms with van der Waals surface area (Å²) in [7, 11) is 0. The molecular weight excluding hydrogens is 484 g/mol. The molecule has 0 saturated carbocycles. The van der Waals surface area contributed by atoms with Gasteiger partial charge in [0.1, 0.15) is 0 Å². The van der Waals surface area contributed by atoms with Crippen molar-refractivity contribution in [1.29, 1.82) is 0 Å². The molecular formula is C29H30N4O5. The maximum absolute atomic E-state index is 13.8. The first-order valence-electron chi connectivity index (χ1n) is 12.6. The van der Waals surface area contributed by atoms with Crippen LogP contribution in [-0.4, -0.2) is 32.4 Å².